The van der Waals surface area contributed by atoms with Crippen molar-refractivity contribution in [2.24, 2.45) is 0 Å². The number of aromatic nitrogens is 3. The van der Waals surface area contributed by atoms with Crippen LogP contribution in [0.3, 0.4) is 0 Å². The molecule has 0 aliphatic heterocycles. The third-order valence-electron chi connectivity index (χ3n) is 2.85. The van der Waals surface area contributed by atoms with Crippen molar-refractivity contribution >= 4 is 5.82 Å². The SMILES string of the molecule is CCCNc1ccc(Cn2ccnc2CC)cn1. The Bertz CT molecular complexity index is 473. The lowest BCUT2D eigenvalue weighted by Crippen LogP contribution is -2.05. The Hall–Kier alpha value is -1.84. The minimum absolute atomic E-state index is 0.838. The first-order chi connectivity index (χ1) is 8.83. The van der Waals surface area contributed by atoms with Crippen molar-refractivity contribution in [1.82, 2.24) is 14.5 Å². The van der Waals surface area contributed by atoms with E-state index < -0.39 is 0 Å². The van der Waals surface area contributed by atoms with E-state index in [-0.39, 0.29) is 0 Å². The molecule has 0 aliphatic carbocycles. The van der Waals surface area contributed by atoms with E-state index in [1.807, 2.05) is 24.7 Å². The molecule has 96 valence electrons. The van der Waals surface area contributed by atoms with Gasteiger partial charge in [-0.3, -0.25) is 0 Å². The average Bonchev–Trinajstić information content (AvgIpc) is 2.85. The van der Waals surface area contributed by atoms with Crippen molar-refractivity contribution in [2.45, 2.75) is 33.2 Å². The fourth-order valence-corrected chi connectivity index (χ4v) is 1.87. The molecule has 0 saturated heterocycles. The normalized spacial score (nSPS) is 10.6. The van der Waals surface area contributed by atoms with Crippen molar-refractivity contribution in [3.05, 3.63) is 42.1 Å². The Labute approximate surface area is 108 Å². The molecule has 0 spiro atoms. The van der Waals surface area contributed by atoms with E-state index in [0.29, 0.717) is 0 Å². The number of aryl methyl sites for hydroxylation is 1. The minimum atomic E-state index is 0.838. The Morgan fingerprint density at radius 2 is 2.11 bits per heavy atom. The van der Waals surface area contributed by atoms with Crippen LogP contribution in [0.5, 0.6) is 0 Å². The van der Waals surface area contributed by atoms with Gasteiger partial charge < -0.3 is 9.88 Å². The highest BCUT2D eigenvalue weighted by molar-refractivity contribution is 5.35. The van der Waals surface area contributed by atoms with E-state index in [1.165, 1.54) is 5.56 Å². The first-order valence-electron chi connectivity index (χ1n) is 6.52. The topological polar surface area (TPSA) is 42.7 Å². The van der Waals surface area contributed by atoms with E-state index in [0.717, 1.165) is 37.6 Å². The number of anilines is 1. The second-order valence-corrected chi connectivity index (χ2v) is 4.30. The summed E-state index contributed by atoms with van der Waals surface area (Å²) in [6, 6.07) is 4.15. The molecule has 18 heavy (non-hydrogen) atoms. The molecule has 0 amide bonds. The summed E-state index contributed by atoms with van der Waals surface area (Å²) in [5.74, 6) is 2.06. The lowest BCUT2D eigenvalue weighted by Gasteiger charge is -2.08. The third-order valence-corrected chi connectivity index (χ3v) is 2.85. The minimum Gasteiger partial charge on any atom is -0.370 e. The Morgan fingerprint density at radius 1 is 1.22 bits per heavy atom. The first kappa shape index (κ1) is 12.6. The zero-order chi connectivity index (χ0) is 12.8. The number of hydrogen-bond donors (Lipinski definition) is 1. The number of nitrogens with zero attached hydrogens (tertiary/aromatic N) is 3. The van der Waals surface area contributed by atoms with Gasteiger partial charge in [0.15, 0.2) is 0 Å². The van der Waals surface area contributed by atoms with Gasteiger partial charge in [-0.15, -0.1) is 0 Å². The molecule has 0 aliphatic rings. The van der Waals surface area contributed by atoms with Crippen LogP contribution >= 0.6 is 0 Å². The quantitative estimate of drug-likeness (QED) is 0.849. The summed E-state index contributed by atoms with van der Waals surface area (Å²) in [4.78, 5) is 8.73. The lowest BCUT2D eigenvalue weighted by atomic mass is 10.2. The summed E-state index contributed by atoms with van der Waals surface area (Å²) in [5.41, 5.74) is 1.20. The molecule has 0 saturated carbocycles. The maximum absolute atomic E-state index is 4.41. The molecular weight excluding hydrogens is 224 g/mol. The highest BCUT2D eigenvalue weighted by atomic mass is 15.1. The van der Waals surface area contributed by atoms with Crippen LogP contribution in [-0.2, 0) is 13.0 Å². The van der Waals surface area contributed by atoms with Gasteiger partial charge in [0.2, 0.25) is 0 Å². The van der Waals surface area contributed by atoms with E-state index in [1.54, 1.807) is 0 Å². The summed E-state index contributed by atoms with van der Waals surface area (Å²) in [6.07, 6.45) is 7.86. The van der Waals surface area contributed by atoms with Gasteiger partial charge in [-0.1, -0.05) is 19.9 Å². The molecule has 4 nitrogen and oxygen atoms in total. The molecule has 4 heteroatoms. The van der Waals surface area contributed by atoms with Gasteiger partial charge in [-0.2, -0.15) is 0 Å². The van der Waals surface area contributed by atoms with Crippen LogP contribution in [0.25, 0.3) is 0 Å². The molecule has 2 aromatic rings. The lowest BCUT2D eigenvalue weighted by molar-refractivity contribution is 0.730. The standard InChI is InChI=1S/C14H20N4/c1-3-7-15-13-6-5-12(10-17-13)11-18-9-8-16-14(18)4-2/h5-6,8-10H,3-4,7,11H2,1-2H3,(H,15,17). The predicted octanol–water partition coefficient (Wildman–Crippen LogP) is 2.71. The van der Waals surface area contributed by atoms with Crippen molar-refractivity contribution in [1.29, 1.82) is 0 Å². The van der Waals surface area contributed by atoms with Gasteiger partial charge >= 0.3 is 0 Å². The van der Waals surface area contributed by atoms with Crippen LogP contribution in [0, 0.1) is 0 Å². The van der Waals surface area contributed by atoms with Gasteiger partial charge in [0, 0.05) is 31.6 Å². The molecule has 2 aromatic heterocycles. The van der Waals surface area contributed by atoms with Crippen LogP contribution in [0.15, 0.2) is 30.7 Å². The number of nitrogens with one attached hydrogen (secondary N) is 1. The van der Waals surface area contributed by atoms with Crippen molar-refractivity contribution in [3.8, 4) is 0 Å². The van der Waals surface area contributed by atoms with Gasteiger partial charge in [-0.05, 0) is 18.1 Å². The van der Waals surface area contributed by atoms with Gasteiger partial charge in [0.25, 0.3) is 0 Å². The second-order valence-electron chi connectivity index (χ2n) is 4.30. The van der Waals surface area contributed by atoms with Crippen LogP contribution in [0.1, 0.15) is 31.7 Å². The van der Waals surface area contributed by atoms with Crippen molar-refractivity contribution in [3.63, 3.8) is 0 Å². The zero-order valence-electron chi connectivity index (χ0n) is 11.1. The van der Waals surface area contributed by atoms with Gasteiger partial charge in [0.1, 0.15) is 11.6 Å². The molecule has 0 bridgehead atoms. The maximum atomic E-state index is 4.41. The molecule has 2 heterocycles. The predicted molar refractivity (Wildman–Crippen MR) is 73.7 cm³/mol. The maximum Gasteiger partial charge on any atom is 0.125 e. The van der Waals surface area contributed by atoms with E-state index in [4.69, 9.17) is 0 Å². The highest BCUT2D eigenvalue weighted by Crippen LogP contribution is 2.08. The monoisotopic (exact) mass is 244 g/mol. The fraction of sp³-hybridized carbons (Fsp3) is 0.429. The van der Waals surface area contributed by atoms with E-state index in [2.05, 4.69) is 39.8 Å². The van der Waals surface area contributed by atoms with Gasteiger partial charge in [-0.25, -0.2) is 9.97 Å². The van der Waals surface area contributed by atoms with E-state index in [9.17, 15) is 0 Å². The molecule has 1 N–H and O–H groups in total. The molecule has 0 radical (unpaired) electrons. The van der Waals surface area contributed by atoms with E-state index >= 15 is 0 Å². The van der Waals surface area contributed by atoms with Crippen LogP contribution < -0.4 is 5.32 Å². The fourth-order valence-electron chi connectivity index (χ4n) is 1.87. The molecular formula is C14H20N4. The van der Waals surface area contributed by atoms with Crippen LogP contribution in [0.2, 0.25) is 0 Å². The van der Waals surface area contributed by atoms with Crippen LogP contribution in [0.4, 0.5) is 5.82 Å². The number of rotatable bonds is 6. The molecule has 2 rings (SSSR count). The van der Waals surface area contributed by atoms with Gasteiger partial charge in [0.05, 0.1) is 6.54 Å². The molecule has 0 unspecified atom stereocenters. The second kappa shape index (κ2) is 6.19. The smallest absolute Gasteiger partial charge is 0.125 e. The number of imidazole rings is 1. The van der Waals surface area contributed by atoms with Crippen LogP contribution in [-0.4, -0.2) is 21.1 Å². The number of pyridine rings is 1. The van der Waals surface area contributed by atoms with Crippen molar-refractivity contribution < 1.29 is 0 Å². The summed E-state index contributed by atoms with van der Waals surface area (Å²) in [5, 5.41) is 3.27. The third kappa shape index (κ3) is 3.09. The Kier molecular flexibility index (Phi) is 4.34. The molecule has 0 atom stereocenters. The van der Waals surface area contributed by atoms with Crippen molar-refractivity contribution in [2.75, 3.05) is 11.9 Å². The summed E-state index contributed by atoms with van der Waals surface area (Å²) in [7, 11) is 0. The molecule has 0 fully saturated rings. The molecule has 0 aromatic carbocycles. The first-order valence-corrected chi connectivity index (χ1v) is 6.52. The Balaban J connectivity index is 2.02. The highest BCUT2D eigenvalue weighted by Gasteiger charge is 2.01. The number of hydrogen-bond acceptors (Lipinski definition) is 3. The largest absolute Gasteiger partial charge is 0.370 e. The summed E-state index contributed by atoms with van der Waals surface area (Å²) in [6.45, 7) is 6.07. The summed E-state index contributed by atoms with van der Waals surface area (Å²) >= 11 is 0. The zero-order valence-corrected chi connectivity index (χ0v) is 11.1. The summed E-state index contributed by atoms with van der Waals surface area (Å²) < 4.78 is 2.16. The average molecular weight is 244 g/mol. The Morgan fingerprint density at radius 3 is 2.78 bits per heavy atom.